The van der Waals surface area contributed by atoms with Gasteiger partial charge in [0.25, 0.3) is 0 Å². The van der Waals surface area contributed by atoms with E-state index in [0.717, 1.165) is 17.7 Å². The molecular formula is C28H33N3. The fourth-order valence-corrected chi connectivity index (χ4v) is 3.26. The summed E-state index contributed by atoms with van der Waals surface area (Å²) in [7, 11) is 0. The van der Waals surface area contributed by atoms with E-state index >= 15 is 0 Å². The number of hydrogen-bond donors (Lipinski definition) is 3. The molecular weight excluding hydrogens is 378 g/mol. The summed E-state index contributed by atoms with van der Waals surface area (Å²) in [5.41, 5.74) is 15.2. The van der Waals surface area contributed by atoms with Gasteiger partial charge < -0.3 is 16.0 Å². The van der Waals surface area contributed by atoms with E-state index in [9.17, 15) is 0 Å². The number of aryl methyl sites for hydroxylation is 2. The minimum absolute atomic E-state index is 0.592. The number of H-pyrrole nitrogens is 1. The van der Waals surface area contributed by atoms with E-state index in [4.69, 9.17) is 5.73 Å². The molecule has 0 aliphatic heterocycles. The molecule has 3 aromatic rings. The van der Waals surface area contributed by atoms with Crippen molar-refractivity contribution in [2.75, 3.05) is 5.32 Å². The number of hydrogen-bond acceptors (Lipinski definition) is 2. The van der Waals surface area contributed by atoms with Crippen LogP contribution in [-0.2, 0) is 6.54 Å². The van der Waals surface area contributed by atoms with E-state index in [0.29, 0.717) is 6.54 Å². The standard InChI is InChI=1S/C17H17N.C9H12N2.C2H4/c1-12-7-9-15(10-8-12)17-11-16(13(2)18-17)14-5-3-4-6-14;1-2-11-9-5-3-8(7-10)4-6-9;1-2/h3,5-11,18H,4H2,1-2H3;2-6,11H,1,7,10H2;1-2H2. The molecule has 0 saturated carbocycles. The van der Waals surface area contributed by atoms with Gasteiger partial charge in [-0.05, 0) is 61.4 Å². The van der Waals surface area contributed by atoms with Crippen LogP contribution < -0.4 is 11.1 Å². The number of aromatic nitrogens is 1. The average Bonchev–Trinajstić information content (AvgIpc) is 3.47. The van der Waals surface area contributed by atoms with Crippen LogP contribution in [0.25, 0.3) is 16.8 Å². The summed E-state index contributed by atoms with van der Waals surface area (Å²) < 4.78 is 0. The Labute approximate surface area is 186 Å². The molecule has 1 aliphatic rings. The first-order valence-electron chi connectivity index (χ1n) is 10.4. The van der Waals surface area contributed by atoms with Crippen molar-refractivity contribution >= 4 is 11.3 Å². The second-order valence-electron chi connectivity index (χ2n) is 7.13. The van der Waals surface area contributed by atoms with Crippen molar-refractivity contribution in [1.82, 2.24) is 4.98 Å². The van der Waals surface area contributed by atoms with E-state index in [2.05, 4.69) is 92.4 Å². The van der Waals surface area contributed by atoms with Crippen molar-refractivity contribution < 1.29 is 0 Å². The smallest absolute Gasteiger partial charge is 0.0462 e. The minimum Gasteiger partial charge on any atom is -0.362 e. The topological polar surface area (TPSA) is 53.8 Å². The van der Waals surface area contributed by atoms with Gasteiger partial charge in [0.15, 0.2) is 0 Å². The molecule has 0 radical (unpaired) electrons. The molecule has 31 heavy (non-hydrogen) atoms. The normalized spacial score (nSPS) is 11.5. The highest BCUT2D eigenvalue weighted by molar-refractivity contribution is 5.80. The van der Waals surface area contributed by atoms with E-state index in [1.54, 1.807) is 6.20 Å². The largest absolute Gasteiger partial charge is 0.362 e. The van der Waals surface area contributed by atoms with Crippen LogP contribution in [-0.4, -0.2) is 4.98 Å². The molecule has 0 fully saturated rings. The molecule has 160 valence electrons. The summed E-state index contributed by atoms with van der Waals surface area (Å²) in [5, 5.41) is 2.98. The lowest BCUT2D eigenvalue weighted by Crippen LogP contribution is -1.95. The summed E-state index contributed by atoms with van der Waals surface area (Å²) in [6.07, 6.45) is 9.38. The fourth-order valence-electron chi connectivity index (χ4n) is 3.26. The van der Waals surface area contributed by atoms with Gasteiger partial charge in [0.05, 0.1) is 0 Å². The zero-order chi connectivity index (χ0) is 22.6. The van der Waals surface area contributed by atoms with Gasteiger partial charge in [-0.1, -0.05) is 66.8 Å². The molecule has 2 aromatic carbocycles. The molecule has 0 atom stereocenters. The molecule has 3 heteroatoms. The Morgan fingerprint density at radius 2 is 1.71 bits per heavy atom. The molecule has 1 aromatic heterocycles. The Balaban J connectivity index is 0.000000226. The quantitative estimate of drug-likeness (QED) is 0.391. The van der Waals surface area contributed by atoms with Crippen molar-refractivity contribution in [2.45, 2.75) is 26.8 Å². The van der Waals surface area contributed by atoms with E-state index in [1.165, 1.54) is 33.7 Å². The molecule has 0 spiro atoms. The van der Waals surface area contributed by atoms with Gasteiger partial charge in [0.2, 0.25) is 0 Å². The van der Waals surface area contributed by atoms with Crippen LogP contribution in [0.1, 0.15) is 28.8 Å². The summed E-state index contributed by atoms with van der Waals surface area (Å²) in [6, 6.07) is 18.8. The lowest BCUT2D eigenvalue weighted by Gasteiger charge is -2.00. The van der Waals surface area contributed by atoms with E-state index in [1.807, 2.05) is 24.3 Å². The van der Waals surface area contributed by atoms with Gasteiger partial charge in [-0.15, -0.1) is 13.2 Å². The molecule has 3 nitrogen and oxygen atoms in total. The highest BCUT2D eigenvalue weighted by Gasteiger charge is 2.10. The Kier molecular flexibility index (Phi) is 9.34. The molecule has 0 amide bonds. The third-order valence-corrected chi connectivity index (χ3v) is 4.92. The third kappa shape index (κ3) is 6.73. The Bertz CT molecular complexity index is 1020. The first-order chi connectivity index (χ1) is 15.1. The van der Waals surface area contributed by atoms with Gasteiger partial charge in [0.1, 0.15) is 0 Å². The second-order valence-corrected chi connectivity index (χ2v) is 7.13. The first-order valence-corrected chi connectivity index (χ1v) is 10.4. The molecule has 0 bridgehead atoms. The summed E-state index contributed by atoms with van der Waals surface area (Å²) >= 11 is 0. The zero-order valence-electron chi connectivity index (χ0n) is 18.6. The van der Waals surface area contributed by atoms with E-state index in [-0.39, 0.29) is 0 Å². The highest BCUT2D eigenvalue weighted by atomic mass is 14.8. The maximum Gasteiger partial charge on any atom is 0.0462 e. The van der Waals surface area contributed by atoms with Crippen molar-refractivity contribution in [3.8, 4) is 11.3 Å². The van der Waals surface area contributed by atoms with Crippen LogP contribution in [0.4, 0.5) is 5.69 Å². The van der Waals surface area contributed by atoms with Gasteiger partial charge in [-0.3, -0.25) is 0 Å². The third-order valence-electron chi connectivity index (χ3n) is 4.92. The predicted octanol–water partition coefficient (Wildman–Crippen LogP) is 7.14. The number of benzene rings is 2. The van der Waals surface area contributed by atoms with Crippen LogP contribution in [0.2, 0.25) is 0 Å². The number of rotatable bonds is 5. The van der Waals surface area contributed by atoms with Crippen molar-refractivity contribution in [3.05, 3.63) is 121 Å². The maximum absolute atomic E-state index is 5.43. The monoisotopic (exact) mass is 411 g/mol. The minimum atomic E-state index is 0.592. The van der Waals surface area contributed by atoms with Gasteiger partial charge >= 0.3 is 0 Å². The average molecular weight is 412 g/mol. The number of aromatic amines is 1. The van der Waals surface area contributed by atoms with Gasteiger partial charge in [0, 0.05) is 29.2 Å². The molecule has 1 heterocycles. The van der Waals surface area contributed by atoms with Crippen LogP contribution in [0.5, 0.6) is 0 Å². The first kappa shape index (κ1) is 23.7. The van der Waals surface area contributed by atoms with Crippen LogP contribution in [0.3, 0.4) is 0 Å². The van der Waals surface area contributed by atoms with Crippen LogP contribution >= 0.6 is 0 Å². The van der Waals surface area contributed by atoms with Crippen molar-refractivity contribution in [1.29, 1.82) is 0 Å². The lowest BCUT2D eigenvalue weighted by molar-refractivity contribution is 1.07. The van der Waals surface area contributed by atoms with Crippen LogP contribution in [0, 0.1) is 13.8 Å². The predicted molar refractivity (Wildman–Crippen MR) is 137 cm³/mol. The Morgan fingerprint density at radius 3 is 2.26 bits per heavy atom. The molecule has 4 N–H and O–H groups in total. The maximum atomic E-state index is 5.43. The Morgan fingerprint density at radius 1 is 1.03 bits per heavy atom. The van der Waals surface area contributed by atoms with Crippen molar-refractivity contribution in [3.63, 3.8) is 0 Å². The second kappa shape index (κ2) is 12.2. The lowest BCUT2D eigenvalue weighted by atomic mass is 10.1. The summed E-state index contributed by atoms with van der Waals surface area (Å²) in [5.74, 6) is 0. The van der Waals surface area contributed by atoms with E-state index < -0.39 is 0 Å². The summed E-state index contributed by atoms with van der Waals surface area (Å²) in [6.45, 7) is 14.4. The fraction of sp³-hybridized carbons (Fsp3) is 0.143. The highest BCUT2D eigenvalue weighted by Crippen LogP contribution is 2.29. The van der Waals surface area contributed by atoms with Crippen LogP contribution in [0.15, 0.2) is 98.8 Å². The summed E-state index contributed by atoms with van der Waals surface area (Å²) in [4.78, 5) is 3.48. The number of allylic oxidation sites excluding steroid dienone is 4. The van der Waals surface area contributed by atoms with Crippen molar-refractivity contribution in [2.24, 2.45) is 5.73 Å². The molecule has 0 saturated heterocycles. The Hall–Kier alpha value is -3.56. The molecule has 4 rings (SSSR count). The molecule has 0 unspecified atom stereocenters. The number of nitrogens with two attached hydrogens (primary N) is 1. The zero-order valence-corrected chi connectivity index (χ0v) is 18.6. The molecule has 1 aliphatic carbocycles. The SMILES string of the molecule is C=C.C=CNc1ccc(CN)cc1.Cc1ccc(-c2cc(C3=CCC=C3)c(C)[nH]2)cc1. The number of anilines is 1. The van der Waals surface area contributed by atoms with Gasteiger partial charge in [-0.25, -0.2) is 0 Å². The number of nitrogens with one attached hydrogen (secondary N) is 2. The van der Waals surface area contributed by atoms with Gasteiger partial charge in [-0.2, -0.15) is 0 Å².